The van der Waals surface area contributed by atoms with Gasteiger partial charge in [0.2, 0.25) is 0 Å². The van der Waals surface area contributed by atoms with E-state index in [9.17, 15) is 4.79 Å². The fourth-order valence-electron chi connectivity index (χ4n) is 3.80. The maximum Gasteiger partial charge on any atom is 0.255 e. The number of carbonyl (C=O) groups is 1. The summed E-state index contributed by atoms with van der Waals surface area (Å²) in [6.07, 6.45) is 7.64. The third-order valence-electron chi connectivity index (χ3n) is 5.04. The maximum absolute atomic E-state index is 13.1. The van der Waals surface area contributed by atoms with E-state index >= 15 is 0 Å². The van der Waals surface area contributed by atoms with Crippen LogP contribution < -0.4 is 5.32 Å². The van der Waals surface area contributed by atoms with Gasteiger partial charge in [-0.25, -0.2) is 9.97 Å². The molecule has 1 unspecified atom stereocenters. The highest BCUT2D eigenvalue weighted by molar-refractivity contribution is 6.00. The van der Waals surface area contributed by atoms with Crippen LogP contribution in [0.4, 0.5) is 5.69 Å². The number of piperidine rings is 1. The molecule has 0 spiro atoms. The number of benzene rings is 1. The molecule has 1 saturated heterocycles. The van der Waals surface area contributed by atoms with Gasteiger partial charge in [-0.15, -0.1) is 0 Å². The molecule has 0 bridgehead atoms. The van der Waals surface area contributed by atoms with Crippen molar-refractivity contribution in [3.63, 3.8) is 0 Å². The van der Waals surface area contributed by atoms with Crippen LogP contribution in [0.15, 0.2) is 36.8 Å². The van der Waals surface area contributed by atoms with Crippen LogP contribution in [0.1, 0.15) is 46.8 Å². The Morgan fingerprint density at radius 1 is 1.25 bits per heavy atom. The summed E-state index contributed by atoms with van der Waals surface area (Å²) in [6.45, 7) is 2.50. The Kier molecular flexibility index (Phi) is 4.15. The zero-order valence-electron chi connectivity index (χ0n) is 13.7. The summed E-state index contributed by atoms with van der Waals surface area (Å²) in [6, 6.07) is 8.04. The molecule has 3 heterocycles. The minimum absolute atomic E-state index is 0.139. The van der Waals surface area contributed by atoms with Crippen LogP contribution in [0.5, 0.6) is 0 Å². The number of aryl methyl sites for hydroxylation is 1. The number of aromatic nitrogens is 2. The van der Waals surface area contributed by atoms with E-state index in [2.05, 4.69) is 21.4 Å². The molecule has 2 aromatic rings. The standard InChI is InChI=1S/C19H22N4O/c24-19(16-7-1-4-14-5-2-9-21-18(14)16)23-11-3-6-15(12-23)17-8-10-20-13-22-17/h1,4,7-8,10,13,15,21H,2-3,5-6,9,11-12H2. The number of hydrogen-bond donors (Lipinski definition) is 1. The first kappa shape index (κ1) is 15.1. The van der Waals surface area contributed by atoms with Gasteiger partial charge < -0.3 is 10.2 Å². The van der Waals surface area contributed by atoms with Crippen LogP contribution in [-0.2, 0) is 6.42 Å². The molecule has 24 heavy (non-hydrogen) atoms. The Morgan fingerprint density at radius 2 is 2.21 bits per heavy atom. The van der Waals surface area contributed by atoms with E-state index < -0.39 is 0 Å². The maximum atomic E-state index is 13.1. The fraction of sp³-hybridized carbons (Fsp3) is 0.421. The first-order chi connectivity index (χ1) is 11.8. The number of anilines is 1. The lowest BCUT2D eigenvalue weighted by atomic mass is 9.93. The van der Waals surface area contributed by atoms with Gasteiger partial charge >= 0.3 is 0 Å². The summed E-state index contributed by atoms with van der Waals surface area (Å²) in [5.74, 6) is 0.443. The van der Waals surface area contributed by atoms with Crippen molar-refractivity contribution < 1.29 is 4.79 Å². The normalized spacial score (nSPS) is 20.2. The van der Waals surface area contributed by atoms with Crippen LogP contribution >= 0.6 is 0 Å². The average Bonchev–Trinajstić information content (AvgIpc) is 2.68. The molecule has 1 aromatic heterocycles. The molecule has 1 aromatic carbocycles. The van der Waals surface area contributed by atoms with Crippen molar-refractivity contribution >= 4 is 11.6 Å². The number of nitrogens with zero attached hydrogens (tertiary/aromatic N) is 3. The largest absolute Gasteiger partial charge is 0.384 e. The molecule has 1 amide bonds. The minimum Gasteiger partial charge on any atom is -0.384 e. The van der Waals surface area contributed by atoms with Gasteiger partial charge in [0.1, 0.15) is 6.33 Å². The number of para-hydroxylation sites is 1. The summed E-state index contributed by atoms with van der Waals surface area (Å²) in [5, 5.41) is 3.43. The smallest absolute Gasteiger partial charge is 0.255 e. The lowest BCUT2D eigenvalue weighted by Gasteiger charge is -2.33. The van der Waals surface area contributed by atoms with E-state index in [4.69, 9.17) is 0 Å². The molecule has 0 saturated carbocycles. The highest BCUT2D eigenvalue weighted by Gasteiger charge is 2.28. The molecule has 1 fully saturated rings. The number of nitrogens with one attached hydrogen (secondary N) is 1. The molecule has 1 atom stereocenters. The monoisotopic (exact) mass is 322 g/mol. The zero-order valence-corrected chi connectivity index (χ0v) is 13.7. The fourth-order valence-corrected chi connectivity index (χ4v) is 3.80. The Balaban J connectivity index is 1.56. The number of fused-ring (bicyclic) bond motifs is 1. The third-order valence-corrected chi connectivity index (χ3v) is 5.04. The second-order valence-corrected chi connectivity index (χ2v) is 6.59. The van der Waals surface area contributed by atoms with Gasteiger partial charge in [-0.3, -0.25) is 4.79 Å². The second kappa shape index (κ2) is 6.59. The van der Waals surface area contributed by atoms with Crippen molar-refractivity contribution in [2.75, 3.05) is 25.0 Å². The SMILES string of the molecule is O=C(c1cccc2c1NCCC2)N1CCCC(c2ccncn2)C1. The Morgan fingerprint density at radius 3 is 3.08 bits per heavy atom. The van der Waals surface area contributed by atoms with Gasteiger partial charge in [-0.05, 0) is 43.4 Å². The quantitative estimate of drug-likeness (QED) is 0.924. The summed E-state index contributed by atoms with van der Waals surface area (Å²) in [7, 11) is 0. The van der Waals surface area contributed by atoms with Crippen molar-refractivity contribution in [2.45, 2.75) is 31.6 Å². The van der Waals surface area contributed by atoms with E-state index in [0.717, 1.165) is 62.3 Å². The third kappa shape index (κ3) is 2.86. The highest BCUT2D eigenvalue weighted by Crippen LogP contribution is 2.30. The van der Waals surface area contributed by atoms with Crippen molar-refractivity contribution in [1.29, 1.82) is 0 Å². The first-order valence-corrected chi connectivity index (χ1v) is 8.74. The number of amides is 1. The van der Waals surface area contributed by atoms with Crippen molar-refractivity contribution in [1.82, 2.24) is 14.9 Å². The average molecular weight is 322 g/mol. The predicted molar refractivity (Wildman–Crippen MR) is 93.2 cm³/mol. The molecule has 124 valence electrons. The van der Waals surface area contributed by atoms with Crippen molar-refractivity contribution in [2.24, 2.45) is 0 Å². The summed E-state index contributed by atoms with van der Waals surface area (Å²) < 4.78 is 0. The van der Waals surface area contributed by atoms with Crippen molar-refractivity contribution in [3.8, 4) is 0 Å². The predicted octanol–water partition coefficient (Wildman–Crippen LogP) is 2.85. The Bertz CT molecular complexity index is 731. The summed E-state index contributed by atoms with van der Waals surface area (Å²) in [5.41, 5.74) is 4.15. The number of likely N-dealkylation sites (tertiary alicyclic amines) is 1. The van der Waals surface area contributed by atoms with E-state index in [0.29, 0.717) is 5.92 Å². The zero-order chi connectivity index (χ0) is 16.4. The van der Waals surface area contributed by atoms with Gasteiger partial charge in [0, 0.05) is 37.4 Å². The summed E-state index contributed by atoms with van der Waals surface area (Å²) in [4.78, 5) is 23.5. The van der Waals surface area contributed by atoms with Crippen LogP contribution in [0.3, 0.4) is 0 Å². The van der Waals surface area contributed by atoms with Gasteiger partial charge in [0.15, 0.2) is 0 Å². The molecular formula is C19H22N4O. The number of carbonyl (C=O) groups excluding carboxylic acids is 1. The molecular weight excluding hydrogens is 300 g/mol. The van der Waals surface area contributed by atoms with Crippen LogP contribution in [0.25, 0.3) is 0 Å². The van der Waals surface area contributed by atoms with E-state index in [1.807, 2.05) is 23.1 Å². The minimum atomic E-state index is 0.139. The highest BCUT2D eigenvalue weighted by atomic mass is 16.2. The van der Waals surface area contributed by atoms with E-state index in [-0.39, 0.29) is 5.91 Å². The van der Waals surface area contributed by atoms with Gasteiger partial charge in [0.25, 0.3) is 5.91 Å². The molecule has 1 N–H and O–H groups in total. The van der Waals surface area contributed by atoms with Crippen LogP contribution in [0, 0.1) is 0 Å². The molecule has 2 aliphatic heterocycles. The second-order valence-electron chi connectivity index (χ2n) is 6.59. The molecule has 2 aliphatic rings. The lowest BCUT2D eigenvalue weighted by molar-refractivity contribution is 0.0706. The Hall–Kier alpha value is -2.43. The van der Waals surface area contributed by atoms with Gasteiger partial charge in [-0.2, -0.15) is 0 Å². The van der Waals surface area contributed by atoms with Crippen LogP contribution in [-0.4, -0.2) is 40.4 Å². The molecule has 0 aliphatic carbocycles. The Labute approximate surface area is 142 Å². The number of hydrogen-bond acceptors (Lipinski definition) is 4. The van der Waals surface area contributed by atoms with Crippen LogP contribution in [0.2, 0.25) is 0 Å². The molecule has 5 nitrogen and oxygen atoms in total. The topological polar surface area (TPSA) is 58.1 Å². The number of rotatable bonds is 2. The van der Waals surface area contributed by atoms with E-state index in [1.165, 1.54) is 5.56 Å². The lowest BCUT2D eigenvalue weighted by Crippen LogP contribution is -2.39. The van der Waals surface area contributed by atoms with Gasteiger partial charge in [-0.1, -0.05) is 12.1 Å². The first-order valence-electron chi connectivity index (χ1n) is 8.74. The molecule has 4 rings (SSSR count). The van der Waals surface area contributed by atoms with Crippen molar-refractivity contribution in [3.05, 3.63) is 53.6 Å². The molecule has 0 radical (unpaired) electrons. The molecule has 5 heteroatoms. The van der Waals surface area contributed by atoms with E-state index in [1.54, 1.807) is 12.5 Å². The summed E-state index contributed by atoms with van der Waals surface area (Å²) >= 11 is 0. The van der Waals surface area contributed by atoms with Gasteiger partial charge in [0.05, 0.1) is 11.3 Å².